The Hall–Kier alpha value is -12.0. The summed E-state index contributed by atoms with van der Waals surface area (Å²) < 4.78 is 130. The summed E-state index contributed by atoms with van der Waals surface area (Å²) in [6.45, 7) is 7.33. The average Bonchev–Trinajstić information content (AvgIpc) is 1.69. The summed E-state index contributed by atoms with van der Waals surface area (Å²) in [5.41, 5.74) is 10.8. The number of imidazole rings is 4. The molecule has 12 heterocycles. The van der Waals surface area contributed by atoms with Gasteiger partial charge in [0.1, 0.15) is 11.0 Å². The first-order valence-electron chi connectivity index (χ1n) is 32.7. The number of hydrogen-bond acceptors (Lipinski definition) is 28. The van der Waals surface area contributed by atoms with E-state index in [2.05, 4.69) is 89.7 Å². The van der Waals surface area contributed by atoms with Gasteiger partial charge in [0.05, 0.1) is 140 Å². The minimum absolute atomic E-state index is 0. The number of ether oxygens (including phenoxy) is 2. The number of aromatic nitrogens is 16. The third-order valence-electron chi connectivity index (χ3n) is 15.3. The fraction of sp³-hybridized carbons (Fsp3) is 0.217. The molecule has 576 valence electrons. The number of rotatable bonds is 17. The largest absolute Gasteiger partial charge is 0.379 e. The SMILES string of the molecule is C.C1COCCN1.CS(=O)(=O)Nc1cc(-c2cn3ncccc3n2)cc(-c2noc(CCl)n2)c1.CS(=O)(=O)Nc1cc(-c2cn3ncccc3n2)cc(-c2noc(CN3CCOCC3)n2)c1.CS(=O)(=O)Nc1cc(C#N)cc(-c2cn3nc(Cl)ccc3n2)c1.CS(=O)(=O)Nc1cc(C#N)cc(-c2cn3ncccc3n2)c1.[HH]. The molecule has 0 unspecified atom stereocenters. The lowest BCUT2D eigenvalue weighted by Crippen LogP contribution is -2.35. The van der Waals surface area contributed by atoms with E-state index in [1.54, 1.807) is 148 Å². The molecule has 0 spiro atoms. The molecule has 0 bridgehead atoms. The number of fused-ring (bicyclic) bond motifs is 4. The molecule has 4 aromatic carbocycles. The third-order valence-corrected chi connectivity index (χ3v) is 18.1. The molecule has 111 heavy (non-hydrogen) atoms. The lowest BCUT2D eigenvalue weighted by molar-refractivity contribution is 0.0297. The maximum Gasteiger partial charge on any atom is 0.241 e. The number of sulfonamides is 4. The molecule has 5 N–H and O–H groups in total. The molecule has 0 saturated carbocycles. The van der Waals surface area contributed by atoms with Crippen LogP contribution in [0.25, 0.3) is 90.4 Å². The first kappa shape index (κ1) is 80.1. The average molecular weight is 1630 g/mol. The van der Waals surface area contributed by atoms with Gasteiger partial charge in [-0.05, 0) is 121 Å². The Morgan fingerprint density at radius 2 is 0.829 bits per heavy atom. The Balaban J connectivity index is 0.000000155. The number of anilines is 4. The fourth-order valence-electron chi connectivity index (χ4n) is 10.8. The third kappa shape index (κ3) is 22.6. The van der Waals surface area contributed by atoms with E-state index in [0.29, 0.717) is 155 Å². The van der Waals surface area contributed by atoms with E-state index in [0.717, 1.165) is 64.4 Å². The van der Waals surface area contributed by atoms with Crippen molar-refractivity contribution in [2.45, 2.75) is 19.9 Å². The lowest BCUT2D eigenvalue weighted by atomic mass is 10.1. The first-order chi connectivity index (χ1) is 52.6. The topological polar surface area (TPSA) is 465 Å². The molecular formula is C69H70Cl2N24O12S4. The number of nitrogens with zero attached hydrogens (tertiary/aromatic N) is 19. The fourth-order valence-corrected chi connectivity index (χ4v) is 13.3. The highest BCUT2D eigenvalue weighted by molar-refractivity contribution is 7.92. The molecule has 0 aliphatic carbocycles. The summed E-state index contributed by atoms with van der Waals surface area (Å²) in [5.74, 6) is 1.51. The van der Waals surface area contributed by atoms with E-state index in [1.165, 1.54) is 16.6 Å². The van der Waals surface area contributed by atoms with Crippen LogP contribution in [0.1, 0.15) is 31.8 Å². The molecule has 2 aliphatic rings. The maximum absolute atomic E-state index is 11.9. The number of halogens is 2. The Morgan fingerprint density at radius 1 is 0.468 bits per heavy atom. The van der Waals surface area contributed by atoms with Crippen LogP contribution in [0, 0.1) is 22.7 Å². The summed E-state index contributed by atoms with van der Waals surface area (Å²) in [7, 11) is -13.8. The van der Waals surface area contributed by atoms with Crippen LogP contribution < -0.4 is 24.2 Å². The lowest BCUT2D eigenvalue weighted by Gasteiger charge is -2.24. The van der Waals surface area contributed by atoms with Crippen molar-refractivity contribution in [2.75, 3.05) is 96.5 Å². The zero-order valence-electron chi connectivity index (χ0n) is 58.4. The summed E-state index contributed by atoms with van der Waals surface area (Å²) >= 11 is 11.6. The smallest absolute Gasteiger partial charge is 0.241 e. The second-order valence-electron chi connectivity index (χ2n) is 24.3. The minimum Gasteiger partial charge on any atom is -0.379 e. The quantitative estimate of drug-likeness (QED) is 0.0532. The van der Waals surface area contributed by atoms with Crippen molar-refractivity contribution in [3.8, 4) is 79.9 Å². The van der Waals surface area contributed by atoms with E-state index in [1.807, 2.05) is 30.3 Å². The molecule has 10 aromatic heterocycles. The number of benzene rings is 4. The van der Waals surface area contributed by atoms with Gasteiger partial charge in [0.2, 0.25) is 63.5 Å². The van der Waals surface area contributed by atoms with Crippen molar-refractivity contribution in [1.29, 1.82) is 10.5 Å². The molecule has 2 saturated heterocycles. The second kappa shape index (κ2) is 35.2. The predicted octanol–water partition coefficient (Wildman–Crippen LogP) is 8.63. The monoisotopic (exact) mass is 1620 g/mol. The summed E-state index contributed by atoms with van der Waals surface area (Å²) in [6, 6.07) is 37.9. The number of alkyl halides is 1. The van der Waals surface area contributed by atoms with Crippen LogP contribution in [-0.4, -0.2) is 195 Å². The maximum atomic E-state index is 11.9. The summed E-state index contributed by atoms with van der Waals surface area (Å²) in [5, 5.41) is 46.4. The Kier molecular flexibility index (Phi) is 25.4. The summed E-state index contributed by atoms with van der Waals surface area (Å²) in [4.78, 5) is 28.8. The molecule has 14 aromatic rings. The van der Waals surface area contributed by atoms with Crippen LogP contribution in [0.3, 0.4) is 0 Å². The molecule has 42 heteroatoms. The van der Waals surface area contributed by atoms with Crippen LogP contribution in [0.4, 0.5) is 22.7 Å². The highest BCUT2D eigenvalue weighted by Crippen LogP contribution is 2.33. The van der Waals surface area contributed by atoms with Gasteiger partial charge in [0, 0.05) is 91.0 Å². The van der Waals surface area contributed by atoms with Crippen molar-refractivity contribution in [2.24, 2.45) is 0 Å². The van der Waals surface area contributed by atoms with Crippen LogP contribution in [0.5, 0.6) is 0 Å². The van der Waals surface area contributed by atoms with Crippen LogP contribution in [0.15, 0.2) is 174 Å². The Morgan fingerprint density at radius 3 is 1.19 bits per heavy atom. The predicted molar refractivity (Wildman–Crippen MR) is 417 cm³/mol. The van der Waals surface area contributed by atoms with E-state index in [4.69, 9.17) is 52.2 Å². The molecule has 36 nitrogen and oxygen atoms in total. The van der Waals surface area contributed by atoms with Gasteiger partial charge in [0.15, 0.2) is 22.6 Å². The van der Waals surface area contributed by atoms with Crippen LogP contribution in [0.2, 0.25) is 5.15 Å². The molecule has 0 radical (unpaired) electrons. The van der Waals surface area contributed by atoms with Crippen molar-refractivity contribution in [1.82, 2.24) is 88.9 Å². The van der Waals surface area contributed by atoms with Crippen molar-refractivity contribution in [3.05, 3.63) is 193 Å². The van der Waals surface area contributed by atoms with Gasteiger partial charge in [-0.3, -0.25) is 23.8 Å². The van der Waals surface area contributed by atoms with Gasteiger partial charge in [-0.25, -0.2) is 71.7 Å². The Bertz CT molecular complexity index is 6150. The van der Waals surface area contributed by atoms with Gasteiger partial charge in [-0.2, -0.15) is 40.9 Å². The van der Waals surface area contributed by atoms with Gasteiger partial charge in [-0.1, -0.05) is 29.3 Å². The molecular weight excluding hydrogens is 1560 g/mol. The second-order valence-corrected chi connectivity index (χ2v) is 31.9. The Labute approximate surface area is 646 Å². The van der Waals surface area contributed by atoms with E-state index >= 15 is 0 Å². The summed E-state index contributed by atoms with van der Waals surface area (Å²) in [6.07, 6.45) is 16.1. The zero-order chi connectivity index (χ0) is 77.7. The molecule has 2 fully saturated rings. The van der Waals surface area contributed by atoms with Crippen molar-refractivity contribution in [3.63, 3.8) is 0 Å². The zero-order valence-corrected chi connectivity index (χ0v) is 63.2. The normalized spacial score (nSPS) is 13.2. The van der Waals surface area contributed by atoms with Crippen molar-refractivity contribution < 1.29 is 53.6 Å². The van der Waals surface area contributed by atoms with Gasteiger partial charge < -0.3 is 23.8 Å². The number of hydrogen-bond donors (Lipinski definition) is 5. The van der Waals surface area contributed by atoms with Gasteiger partial charge in [0.25, 0.3) is 0 Å². The molecule has 0 amide bonds. The van der Waals surface area contributed by atoms with E-state index in [-0.39, 0.29) is 20.6 Å². The van der Waals surface area contributed by atoms with E-state index < -0.39 is 40.1 Å². The van der Waals surface area contributed by atoms with Gasteiger partial charge >= 0.3 is 0 Å². The van der Waals surface area contributed by atoms with E-state index in [9.17, 15) is 33.7 Å². The highest BCUT2D eigenvalue weighted by atomic mass is 35.5. The molecule has 2 aliphatic heterocycles. The number of morpholine rings is 2. The number of nitriles is 2. The highest BCUT2D eigenvalue weighted by Gasteiger charge is 2.21. The van der Waals surface area contributed by atoms with Gasteiger partial charge in [-0.15, -0.1) is 11.6 Å². The van der Waals surface area contributed by atoms with Crippen molar-refractivity contribution >= 4 is 109 Å². The van der Waals surface area contributed by atoms with Crippen LogP contribution >= 0.6 is 23.2 Å². The first-order valence-corrected chi connectivity index (χ1v) is 41.2. The molecule has 16 rings (SSSR count). The van der Waals surface area contributed by atoms with Crippen LogP contribution in [-0.2, 0) is 62.0 Å². The standard InChI is InChI=1S/C20H21N7O4S.C16H13ClN6O3S.C14H10ClN5O2S.C14H11N5O2S.C4H9NO.CH4.H2/c1-32(28,29)25-16-10-14(17-12-27-18(22-17)3-2-4-21-27)9-15(11-16)20-23-19(31-24-20)13-26-5-7-30-8-6-26;1-27(24,25)22-12-6-10(13-9-23-14(19-13)3-2-4-18-23)5-11(7-12)16-20-15(8-17)26-21-16;1-23(21,22)19-11-5-9(7-16)4-10(6-11)12-8-20-14(17-12)3-2-13(15)18-20;1-22(20,21)18-12-6-10(8-15)5-11(7-12)13-9-19-14(17-13)3-2-4-16-19;1-3-6-4-2-5-1;;/h2-4,9-12,25H,5-8,13H2,1H3;2-7,9,22H,8H2,1H3;2-6,8,19H,1H3;2-7,9,18H,1H3;5H,1-4H2;1H4;1H. The minimum atomic E-state index is -3.48. The number of nitrogens with one attached hydrogen (secondary N) is 5. The molecule has 0 atom stereocenters.